The first-order valence-corrected chi connectivity index (χ1v) is 9.59. The number of carbonyl (C=O) groups excluding carboxylic acids is 1. The van der Waals surface area contributed by atoms with Gasteiger partial charge in [-0.15, -0.1) is 0 Å². The van der Waals surface area contributed by atoms with Crippen LogP contribution in [0.25, 0.3) is 5.52 Å². The number of aromatic nitrogens is 2. The van der Waals surface area contributed by atoms with Gasteiger partial charge in [0.1, 0.15) is 11.6 Å². The highest BCUT2D eigenvalue weighted by molar-refractivity contribution is 6.01. The Hall–Kier alpha value is -3.00. The summed E-state index contributed by atoms with van der Waals surface area (Å²) in [7, 11) is 0. The van der Waals surface area contributed by atoms with E-state index in [2.05, 4.69) is 10.4 Å². The lowest BCUT2D eigenvalue weighted by molar-refractivity contribution is 0.0925. The largest absolute Gasteiger partial charge is 0.392 e. The van der Waals surface area contributed by atoms with Gasteiger partial charge in [-0.05, 0) is 50.1 Å². The zero-order chi connectivity index (χ0) is 20.5. The van der Waals surface area contributed by atoms with Crippen molar-refractivity contribution in [2.45, 2.75) is 31.9 Å². The van der Waals surface area contributed by atoms with Crippen LogP contribution < -0.4 is 10.2 Å². The Morgan fingerprint density at radius 3 is 2.97 bits per heavy atom. The average Bonchev–Trinajstić information content (AvgIpc) is 3.34. The average molecular weight is 400 g/mol. The van der Waals surface area contributed by atoms with Gasteiger partial charge in [0.05, 0.1) is 29.4 Å². The highest BCUT2D eigenvalue weighted by atomic mass is 19.1. The first-order valence-electron chi connectivity index (χ1n) is 9.59. The highest BCUT2D eigenvalue weighted by Crippen LogP contribution is 2.38. The number of pyridine rings is 1. The van der Waals surface area contributed by atoms with Crippen LogP contribution in [-0.4, -0.2) is 39.8 Å². The number of carbonyl (C=O) groups is 1. The Morgan fingerprint density at radius 2 is 2.17 bits per heavy atom. The van der Waals surface area contributed by atoms with Gasteiger partial charge >= 0.3 is 0 Å². The van der Waals surface area contributed by atoms with Gasteiger partial charge < -0.3 is 15.3 Å². The van der Waals surface area contributed by atoms with E-state index in [9.17, 15) is 18.7 Å². The summed E-state index contributed by atoms with van der Waals surface area (Å²) < 4.78 is 29.7. The fourth-order valence-electron chi connectivity index (χ4n) is 3.83. The van der Waals surface area contributed by atoms with Gasteiger partial charge in [0.2, 0.25) is 0 Å². The zero-order valence-electron chi connectivity index (χ0n) is 16.0. The Labute approximate surface area is 166 Å². The number of rotatable bonds is 5. The van der Waals surface area contributed by atoms with Crippen LogP contribution in [0.1, 0.15) is 41.7 Å². The van der Waals surface area contributed by atoms with E-state index in [1.807, 2.05) is 17.0 Å². The molecule has 1 fully saturated rings. The molecule has 0 spiro atoms. The van der Waals surface area contributed by atoms with E-state index in [4.69, 9.17) is 0 Å². The second-order valence-corrected chi connectivity index (χ2v) is 7.35. The van der Waals surface area contributed by atoms with Crippen LogP contribution in [0.2, 0.25) is 0 Å². The van der Waals surface area contributed by atoms with Crippen LogP contribution in [0.4, 0.5) is 14.5 Å². The fourth-order valence-corrected chi connectivity index (χ4v) is 3.83. The SMILES string of the molecule is CC(O)CNC(=O)c1cnn2ccc(N3CCCC3c3cc(F)ccc3F)cc12. The quantitative estimate of drug-likeness (QED) is 0.691. The minimum Gasteiger partial charge on any atom is -0.392 e. The van der Waals surface area contributed by atoms with Crippen LogP contribution >= 0.6 is 0 Å². The zero-order valence-corrected chi connectivity index (χ0v) is 16.0. The van der Waals surface area contributed by atoms with E-state index in [-0.39, 0.29) is 18.5 Å². The summed E-state index contributed by atoms with van der Waals surface area (Å²) in [5.74, 6) is -1.21. The first kappa shape index (κ1) is 19.3. The van der Waals surface area contributed by atoms with Gasteiger partial charge in [-0.1, -0.05) is 0 Å². The summed E-state index contributed by atoms with van der Waals surface area (Å²) in [5, 5.41) is 16.2. The molecule has 29 heavy (non-hydrogen) atoms. The number of amides is 1. The number of nitrogens with zero attached hydrogens (tertiary/aromatic N) is 3. The Morgan fingerprint density at radius 1 is 1.34 bits per heavy atom. The number of aliphatic hydroxyl groups excluding tert-OH is 1. The van der Waals surface area contributed by atoms with Gasteiger partial charge in [0, 0.05) is 30.5 Å². The number of benzene rings is 1. The topological polar surface area (TPSA) is 69.9 Å². The lowest BCUT2D eigenvalue weighted by atomic mass is 10.0. The predicted octanol–water partition coefficient (Wildman–Crippen LogP) is 3.06. The molecule has 0 radical (unpaired) electrons. The first-order chi connectivity index (χ1) is 13.9. The maximum absolute atomic E-state index is 14.4. The Bertz CT molecular complexity index is 1050. The summed E-state index contributed by atoms with van der Waals surface area (Å²) >= 11 is 0. The molecule has 3 heterocycles. The molecule has 0 bridgehead atoms. The third-order valence-electron chi connectivity index (χ3n) is 5.21. The maximum atomic E-state index is 14.4. The molecule has 0 aliphatic carbocycles. The van der Waals surface area contributed by atoms with Crippen molar-refractivity contribution >= 4 is 17.1 Å². The van der Waals surface area contributed by atoms with Crippen molar-refractivity contribution < 1.29 is 18.7 Å². The minimum absolute atomic E-state index is 0.142. The van der Waals surface area contributed by atoms with Crippen molar-refractivity contribution in [1.29, 1.82) is 0 Å². The van der Waals surface area contributed by atoms with Crippen molar-refractivity contribution in [3.8, 4) is 0 Å². The molecule has 6 nitrogen and oxygen atoms in total. The molecule has 4 rings (SSSR count). The Kier molecular flexibility index (Phi) is 5.19. The van der Waals surface area contributed by atoms with Crippen molar-refractivity contribution in [1.82, 2.24) is 14.9 Å². The molecule has 152 valence electrons. The summed E-state index contributed by atoms with van der Waals surface area (Å²) in [4.78, 5) is 14.5. The summed E-state index contributed by atoms with van der Waals surface area (Å²) in [5.41, 5.74) is 2.15. The lowest BCUT2D eigenvalue weighted by Gasteiger charge is -2.27. The van der Waals surface area contributed by atoms with Gasteiger partial charge in [0.25, 0.3) is 5.91 Å². The number of fused-ring (bicyclic) bond motifs is 1. The number of anilines is 1. The molecule has 1 aliphatic heterocycles. The molecule has 1 saturated heterocycles. The van der Waals surface area contributed by atoms with Crippen LogP contribution in [0.15, 0.2) is 42.7 Å². The molecule has 0 saturated carbocycles. The lowest BCUT2D eigenvalue weighted by Crippen LogP contribution is -2.30. The molecule has 2 aromatic heterocycles. The van der Waals surface area contributed by atoms with E-state index >= 15 is 0 Å². The summed E-state index contributed by atoms with van der Waals surface area (Å²) in [6.07, 6.45) is 4.14. The molecule has 2 N–H and O–H groups in total. The van der Waals surface area contributed by atoms with Gasteiger partial charge in [-0.3, -0.25) is 4.79 Å². The molecule has 1 amide bonds. The number of nitrogens with one attached hydrogen (secondary N) is 1. The van der Waals surface area contributed by atoms with Crippen LogP contribution in [-0.2, 0) is 0 Å². The third-order valence-corrected chi connectivity index (χ3v) is 5.21. The van der Waals surface area contributed by atoms with Crippen LogP contribution in [0.5, 0.6) is 0 Å². The monoisotopic (exact) mass is 400 g/mol. The van der Waals surface area contributed by atoms with Crippen molar-refractivity contribution in [2.24, 2.45) is 0 Å². The van der Waals surface area contributed by atoms with Crippen molar-refractivity contribution in [3.63, 3.8) is 0 Å². The predicted molar refractivity (Wildman–Crippen MR) is 105 cm³/mol. The van der Waals surface area contributed by atoms with Crippen molar-refractivity contribution in [3.05, 3.63) is 65.5 Å². The molecule has 1 aliphatic rings. The molecule has 2 atom stereocenters. The summed E-state index contributed by atoms with van der Waals surface area (Å²) in [6, 6.07) is 6.95. The highest BCUT2D eigenvalue weighted by Gasteiger charge is 2.29. The van der Waals surface area contributed by atoms with Crippen LogP contribution in [0.3, 0.4) is 0 Å². The molecular weight excluding hydrogens is 378 g/mol. The number of hydrogen-bond donors (Lipinski definition) is 2. The third kappa shape index (κ3) is 3.80. The fraction of sp³-hybridized carbons (Fsp3) is 0.333. The van der Waals surface area contributed by atoms with Crippen molar-refractivity contribution in [2.75, 3.05) is 18.0 Å². The van der Waals surface area contributed by atoms with E-state index in [0.717, 1.165) is 24.2 Å². The van der Waals surface area contributed by atoms with Gasteiger partial charge in [-0.2, -0.15) is 5.10 Å². The Balaban J connectivity index is 1.67. The van der Waals surface area contributed by atoms with E-state index < -0.39 is 17.7 Å². The van der Waals surface area contributed by atoms with E-state index in [1.165, 1.54) is 12.3 Å². The number of hydrogen-bond acceptors (Lipinski definition) is 4. The number of halogens is 2. The van der Waals surface area contributed by atoms with Gasteiger partial charge in [-0.25, -0.2) is 13.3 Å². The van der Waals surface area contributed by atoms with Gasteiger partial charge in [0.15, 0.2) is 0 Å². The normalized spacial score (nSPS) is 17.7. The second-order valence-electron chi connectivity index (χ2n) is 7.35. The number of aliphatic hydroxyl groups is 1. The van der Waals surface area contributed by atoms with E-state index in [0.29, 0.717) is 29.6 Å². The molecular formula is C21H22F2N4O2. The molecule has 8 heteroatoms. The minimum atomic E-state index is -0.650. The molecule has 2 unspecified atom stereocenters. The summed E-state index contributed by atoms with van der Waals surface area (Å²) in [6.45, 7) is 2.44. The maximum Gasteiger partial charge on any atom is 0.255 e. The second kappa shape index (κ2) is 7.79. The standard InChI is InChI=1S/C21H22F2N4O2/c1-13(28)11-24-21(29)17-12-25-27-8-6-15(10-20(17)27)26-7-2-3-19(26)16-9-14(22)4-5-18(16)23/h4-6,8-10,12-13,19,28H,2-3,7,11H2,1H3,(H,24,29). The smallest absolute Gasteiger partial charge is 0.255 e. The van der Waals surface area contributed by atoms with Crippen LogP contribution in [0, 0.1) is 11.6 Å². The molecule has 3 aromatic rings. The van der Waals surface area contributed by atoms with E-state index in [1.54, 1.807) is 17.6 Å². The molecule has 1 aromatic carbocycles.